The molecule has 1 saturated heterocycles. The molecule has 19 heavy (non-hydrogen) atoms. The second kappa shape index (κ2) is 5.15. The summed E-state index contributed by atoms with van der Waals surface area (Å²) in [5.74, 6) is 0. The van der Waals surface area contributed by atoms with E-state index in [1.807, 2.05) is 17.5 Å². The van der Waals surface area contributed by atoms with E-state index >= 15 is 0 Å². The SMILES string of the molecule is Cc1cnc(C(C)N2CC3(CCCC3)NCC2C)s1. The number of hydrogen-bond donors (Lipinski definition) is 1. The lowest BCUT2D eigenvalue weighted by Crippen LogP contribution is -2.62. The second-order valence-electron chi connectivity index (χ2n) is 6.37. The van der Waals surface area contributed by atoms with Crippen LogP contribution in [0.3, 0.4) is 0 Å². The van der Waals surface area contributed by atoms with Gasteiger partial charge < -0.3 is 5.32 Å². The molecule has 2 fully saturated rings. The quantitative estimate of drug-likeness (QED) is 0.901. The minimum absolute atomic E-state index is 0.396. The van der Waals surface area contributed by atoms with Gasteiger partial charge in [-0.25, -0.2) is 4.98 Å². The van der Waals surface area contributed by atoms with Gasteiger partial charge in [-0.2, -0.15) is 0 Å². The van der Waals surface area contributed by atoms with E-state index < -0.39 is 0 Å². The number of aromatic nitrogens is 1. The van der Waals surface area contributed by atoms with Crippen molar-refractivity contribution >= 4 is 11.3 Å². The van der Waals surface area contributed by atoms with Gasteiger partial charge in [-0.1, -0.05) is 12.8 Å². The number of nitrogens with one attached hydrogen (secondary N) is 1. The van der Waals surface area contributed by atoms with E-state index in [-0.39, 0.29) is 0 Å². The molecule has 2 aliphatic rings. The molecule has 2 heterocycles. The Labute approximate surface area is 120 Å². The molecule has 0 amide bonds. The van der Waals surface area contributed by atoms with Crippen LogP contribution in [0.2, 0.25) is 0 Å². The van der Waals surface area contributed by atoms with Gasteiger partial charge in [0.2, 0.25) is 0 Å². The van der Waals surface area contributed by atoms with E-state index in [1.54, 1.807) is 0 Å². The molecular weight excluding hydrogens is 254 g/mol. The van der Waals surface area contributed by atoms with E-state index in [2.05, 4.69) is 36.0 Å². The molecule has 0 radical (unpaired) electrons. The number of hydrogen-bond acceptors (Lipinski definition) is 4. The zero-order valence-corrected chi connectivity index (χ0v) is 13.1. The predicted molar refractivity (Wildman–Crippen MR) is 80.6 cm³/mol. The standard InChI is InChI=1S/C15H25N3S/c1-11-8-17-15(6-4-5-7-15)10-18(11)13(3)14-16-9-12(2)19-14/h9,11,13,17H,4-8,10H2,1-3H3. The molecular formula is C15H25N3S. The van der Waals surface area contributed by atoms with Crippen LogP contribution in [0.15, 0.2) is 6.20 Å². The van der Waals surface area contributed by atoms with Crippen LogP contribution in [-0.4, -0.2) is 34.6 Å². The van der Waals surface area contributed by atoms with Crippen LogP contribution in [0.1, 0.15) is 55.5 Å². The fourth-order valence-corrected chi connectivity index (χ4v) is 4.50. The summed E-state index contributed by atoms with van der Waals surface area (Å²) in [6.45, 7) is 9.12. The summed E-state index contributed by atoms with van der Waals surface area (Å²) >= 11 is 1.85. The largest absolute Gasteiger partial charge is 0.308 e. The predicted octanol–water partition coefficient (Wildman–Crippen LogP) is 3.12. The average Bonchev–Trinajstić information content (AvgIpc) is 3.02. The van der Waals surface area contributed by atoms with Crippen molar-refractivity contribution in [3.05, 3.63) is 16.1 Å². The van der Waals surface area contributed by atoms with Gasteiger partial charge in [-0.05, 0) is 33.6 Å². The fraction of sp³-hybridized carbons (Fsp3) is 0.800. The Balaban J connectivity index is 1.77. The van der Waals surface area contributed by atoms with Crippen molar-refractivity contribution in [3.63, 3.8) is 0 Å². The van der Waals surface area contributed by atoms with Gasteiger partial charge in [0, 0.05) is 35.7 Å². The Morgan fingerprint density at radius 1 is 1.47 bits per heavy atom. The maximum Gasteiger partial charge on any atom is 0.110 e. The van der Waals surface area contributed by atoms with Crippen molar-refractivity contribution in [3.8, 4) is 0 Å². The summed E-state index contributed by atoms with van der Waals surface area (Å²) in [7, 11) is 0. The monoisotopic (exact) mass is 279 g/mol. The second-order valence-corrected chi connectivity index (χ2v) is 7.64. The first-order valence-electron chi connectivity index (χ1n) is 7.53. The molecule has 1 spiro atoms. The van der Waals surface area contributed by atoms with Gasteiger partial charge in [-0.3, -0.25) is 4.90 Å². The zero-order chi connectivity index (χ0) is 13.5. The molecule has 2 atom stereocenters. The first-order valence-corrected chi connectivity index (χ1v) is 8.34. The Morgan fingerprint density at radius 2 is 2.21 bits per heavy atom. The highest BCUT2D eigenvalue weighted by atomic mass is 32.1. The molecule has 1 aliphatic heterocycles. The molecule has 106 valence electrons. The summed E-state index contributed by atoms with van der Waals surface area (Å²) in [6.07, 6.45) is 7.48. The van der Waals surface area contributed by atoms with E-state index in [1.165, 1.54) is 42.1 Å². The molecule has 1 N–H and O–H groups in total. The van der Waals surface area contributed by atoms with Gasteiger partial charge >= 0.3 is 0 Å². The highest BCUT2D eigenvalue weighted by Crippen LogP contribution is 2.36. The van der Waals surface area contributed by atoms with Gasteiger partial charge in [0.05, 0.1) is 6.04 Å². The number of aryl methyl sites for hydroxylation is 1. The van der Waals surface area contributed by atoms with E-state index in [0.717, 1.165) is 6.54 Å². The minimum atomic E-state index is 0.396. The van der Waals surface area contributed by atoms with Crippen molar-refractivity contribution < 1.29 is 0 Å². The summed E-state index contributed by atoms with van der Waals surface area (Å²) in [4.78, 5) is 8.58. The minimum Gasteiger partial charge on any atom is -0.308 e. The Bertz CT molecular complexity index is 436. The van der Waals surface area contributed by atoms with Gasteiger partial charge in [0.25, 0.3) is 0 Å². The molecule has 1 saturated carbocycles. The van der Waals surface area contributed by atoms with E-state index in [0.29, 0.717) is 17.6 Å². The number of rotatable bonds is 2. The average molecular weight is 279 g/mol. The van der Waals surface area contributed by atoms with Crippen molar-refractivity contribution in [1.29, 1.82) is 0 Å². The topological polar surface area (TPSA) is 28.2 Å². The third-order valence-electron chi connectivity index (χ3n) is 4.88. The van der Waals surface area contributed by atoms with Crippen molar-refractivity contribution in [2.45, 2.75) is 64.1 Å². The van der Waals surface area contributed by atoms with Gasteiger partial charge in [0.1, 0.15) is 5.01 Å². The fourth-order valence-electron chi connectivity index (χ4n) is 3.66. The van der Waals surface area contributed by atoms with E-state index in [9.17, 15) is 0 Å². The third kappa shape index (κ3) is 2.58. The number of piperazine rings is 1. The number of thiazole rings is 1. The third-order valence-corrected chi connectivity index (χ3v) is 5.96. The van der Waals surface area contributed by atoms with Crippen LogP contribution in [0.25, 0.3) is 0 Å². The molecule has 1 aromatic heterocycles. The highest BCUT2D eigenvalue weighted by Gasteiger charge is 2.41. The van der Waals surface area contributed by atoms with Crippen LogP contribution >= 0.6 is 11.3 Å². The Kier molecular flexibility index (Phi) is 3.67. The molecule has 1 aliphatic carbocycles. The Morgan fingerprint density at radius 3 is 2.84 bits per heavy atom. The first kappa shape index (κ1) is 13.5. The maximum atomic E-state index is 4.60. The van der Waals surface area contributed by atoms with Crippen molar-refractivity contribution in [2.75, 3.05) is 13.1 Å². The van der Waals surface area contributed by atoms with Crippen LogP contribution in [0.4, 0.5) is 0 Å². The lowest BCUT2D eigenvalue weighted by Gasteiger charge is -2.47. The zero-order valence-electron chi connectivity index (χ0n) is 12.3. The molecule has 3 nitrogen and oxygen atoms in total. The normalized spacial score (nSPS) is 28.9. The maximum absolute atomic E-state index is 4.60. The van der Waals surface area contributed by atoms with E-state index in [4.69, 9.17) is 0 Å². The molecule has 0 bridgehead atoms. The Hall–Kier alpha value is -0.450. The van der Waals surface area contributed by atoms with Crippen LogP contribution in [-0.2, 0) is 0 Å². The smallest absolute Gasteiger partial charge is 0.110 e. The molecule has 2 unspecified atom stereocenters. The van der Waals surface area contributed by atoms with Gasteiger partial charge in [0.15, 0.2) is 0 Å². The summed E-state index contributed by atoms with van der Waals surface area (Å²) in [5.41, 5.74) is 0.396. The molecule has 1 aromatic rings. The summed E-state index contributed by atoms with van der Waals surface area (Å²) in [6, 6.07) is 1.05. The summed E-state index contributed by atoms with van der Waals surface area (Å²) in [5, 5.41) is 5.10. The van der Waals surface area contributed by atoms with Gasteiger partial charge in [-0.15, -0.1) is 11.3 Å². The van der Waals surface area contributed by atoms with Crippen LogP contribution in [0, 0.1) is 6.92 Å². The highest BCUT2D eigenvalue weighted by molar-refractivity contribution is 7.11. The first-order chi connectivity index (χ1) is 9.10. The number of nitrogens with zero attached hydrogens (tertiary/aromatic N) is 2. The lowest BCUT2D eigenvalue weighted by atomic mass is 9.91. The van der Waals surface area contributed by atoms with Crippen molar-refractivity contribution in [1.82, 2.24) is 15.2 Å². The van der Waals surface area contributed by atoms with Crippen LogP contribution in [0.5, 0.6) is 0 Å². The summed E-state index contributed by atoms with van der Waals surface area (Å²) < 4.78 is 0. The van der Waals surface area contributed by atoms with Crippen LogP contribution < -0.4 is 5.32 Å². The molecule has 3 rings (SSSR count). The molecule has 4 heteroatoms. The molecule has 0 aromatic carbocycles. The van der Waals surface area contributed by atoms with Crippen molar-refractivity contribution in [2.24, 2.45) is 0 Å². The lowest BCUT2D eigenvalue weighted by molar-refractivity contribution is 0.0562.